The molecule has 0 N–H and O–H groups in total. The molecule has 1 aliphatic rings. The van der Waals surface area contributed by atoms with Crippen molar-refractivity contribution in [2.24, 2.45) is 0 Å². The number of nitrogens with zero attached hydrogens (tertiary/aromatic N) is 2. The molecule has 1 heterocycles. The van der Waals surface area contributed by atoms with E-state index in [4.69, 9.17) is 11.6 Å². The first-order valence-corrected chi connectivity index (χ1v) is 6.36. The standard InChI is InChI=1S/C14H18ClN2/c1-2-8-16-10-11-17(12-16)9-7-13-3-5-14(15)6-4-13/h3-6,10-11H,1-2,7-9,12H2. The van der Waals surface area contributed by atoms with Gasteiger partial charge in [0.25, 0.3) is 0 Å². The molecule has 17 heavy (non-hydrogen) atoms. The summed E-state index contributed by atoms with van der Waals surface area (Å²) in [7, 11) is 0. The highest BCUT2D eigenvalue weighted by Crippen LogP contribution is 2.12. The molecular formula is C14H18ClN2. The Morgan fingerprint density at radius 1 is 1.06 bits per heavy atom. The number of benzene rings is 1. The van der Waals surface area contributed by atoms with E-state index in [2.05, 4.69) is 41.3 Å². The van der Waals surface area contributed by atoms with E-state index in [0.29, 0.717) is 0 Å². The topological polar surface area (TPSA) is 6.48 Å². The summed E-state index contributed by atoms with van der Waals surface area (Å²) in [6.45, 7) is 6.94. The molecule has 1 aliphatic heterocycles. The van der Waals surface area contributed by atoms with Crippen LogP contribution in [0.4, 0.5) is 0 Å². The number of halogens is 1. The summed E-state index contributed by atoms with van der Waals surface area (Å²) < 4.78 is 0. The van der Waals surface area contributed by atoms with Gasteiger partial charge in [0.2, 0.25) is 0 Å². The quantitative estimate of drug-likeness (QED) is 0.791. The molecule has 1 radical (unpaired) electrons. The SMILES string of the molecule is [CH2]CCN1C=CN(CCc2ccc(Cl)cc2)C1. The van der Waals surface area contributed by atoms with Crippen molar-refractivity contribution < 1.29 is 0 Å². The Morgan fingerprint density at radius 2 is 1.71 bits per heavy atom. The molecule has 0 bridgehead atoms. The van der Waals surface area contributed by atoms with E-state index in [0.717, 1.165) is 37.6 Å². The maximum Gasteiger partial charge on any atom is 0.0893 e. The van der Waals surface area contributed by atoms with E-state index in [9.17, 15) is 0 Å². The monoisotopic (exact) mass is 249 g/mol. The summed E-state index contributed by atoms with van der Waals surface area (Å²) >= 11 is 5.86. The second kappa shape index (κ2) is 5.97. The van der Waals surface area contributed by atoms with Crippen molar-refractivity contribution in [1.29, 1.82) is 0 Å². The number of rotatable bonds is 5. The minimum atomic E-state index is 0.802. The third-order valence-corrected chi connectivity index (χ3v) is 3.15. The van der Waals surface area contributed by atoms with Gasteiger partial charge in [0.05, 0.1) is 6.67 Å². The van der Waals surface area contributed by atoms with E-state index in [-0.39, 0.29) is 0 Å². The van der Waals surface area contributed by atoms with Gasteiger partial charge in [-0.15, -0.1) is 0 Å². The third-order valence-electron chi connectivity index (χ3n) is 2.90. The molecule has 2 rings (SSSR count). The number of hydrogen-bond acceptors (Lipinski definition) is 2. The molecular weight excluding hydrogens is 232 g/mol. The van der Waals surface area contributed by atoms with Crippen molar-refractivity contribution in [3.63, 3.8) is 0 Å². The smallest absolute Gasteiger partial charge is 0.0893 e. The molecule has 0 aliphatic carbocycles. The molecule has 91 valence electrons. The maximum absolute atomic E-state index is 5.86. The zero-order valence-electron chi connectivity index (χ0n) is 9.98. The van der Waals surface area contributed by atoms with Crippen molar-refractivity contribution >= 4 is 11.6 Å². The zero-order valence-corrected chi connectivity index (χ0v) is 10.7. The van der Waals surface area contributed by atoms with Crippen LogP contribution in [-0.4, -0.2) is 29.6 Å². The molecule has 0 saturated heterocycles. The van der Waals surface area contributed by atoms with Gasteiger partial charge in [-0.25, -0.2) is 0 Å². The fourth-order valence-corrected chi connectivity index (χ4v) is 2.06. The van der Waals surface area contributed by atoms with Crippen molar-refractivity contribution in [2.75, 3.05) is 19.8 Å². The molecule has 0 saturated carbocycles. The lowest BCUT2D eigenvalue weighted by molar-refractivity contribution is 0.270. The first-order chi connectivity index (χ1) is 8.28. The molecule has 0 aromatic heterocycles. The van der Waals surface area contributed by atoms with Gasteiger partial charge in [0, 0.05) is 30.5 Å². The summed E-state index contributed by atoms with van der Waals surface area (Å²) in [5, 5.41) is 0.802. The highest BCUT2D eigenvalue weighted by atomic mass is 35.5. The van der Waals surface area contributed by atoms with E-state index in [1.807, 2.05) is 12.1 Å². The van der Waals surface area contributed by atoms with E-state index in [1.165, 1.54) is 5.56 Å². The Morgan fingerprint density at radius 3 is 2.35 bits per heavy atom. The van der Waals surface area contributed by atoms with Gasteiger partial charge in [-0.05, 0) is 30.5 Å². The Balaban J connectivity index is 1.76. The minimum Gasteiger partial charge on any atom is -0.359 e. The van der Waals surface area contributed by atoms with Crippen LogP contribution in [0.3, 0.4) is 0 Å². The van der Waals surface area contributed by atoms with Gasteiger partial charge < -0.3 is 9.80 Å². The Kier molecular flexibility index (Phi) is 4.32. The lowest BCUT2D eigenvalue weighted by Gasteiger charge is -2.20. The first kappa shape index (κ1) is 12.3. The van der Waals surface area contributed by atoms with Crippen molar-refractivity contribution in [3.8, 4) is 0 Å². The van der Waals surface area contributed by atoms with E-state index in [1.54, 1.807) is 0 Å². The molecule has 1 aromatic rings. The molecule has 0 unspecified atom stereocenters. The molecule has 0 amide bonds. The second-order valence-electron chi connectivity index (χ2n) is 4.29. The molecule has 2 nitrogen and oxygen atoms in total. The molecule has 0 fully saturated rings. The van der Waals surface area contributed by atoms with Crippen LogP contribution in [0.2, 0.25) is 5.02 Å². The Hall–Kier alpha value is -1.15. The van der Waals surface area contributed by atoms with Crippen molar-refractivity contribution in [1.82, 2.24) is 9.80 Å². The first-order valence-electron chi connectivity index (χ1n) is 5.98. The lowest BCUT2D eigenvalue weighted by Crippen LogP contribution is -2.27. The highest BCUT2D eigenvalue weighted by Gasteiger charge is 2.10. The van der Waals surface area contributed by atoms with E-state index >= 15 is 0 Å². The van der Waals surface area contributed by atoms with Gasteiger partial charge in [0.1, 0.15) is 0 Å². The molecule has 0 atom stereocenters. The minimum absolute atomic E-state index is 0.802. The van der Waals surface area contributed by atoms with Crippen LogP contribution >= 0.6 is 11.6 Å². The van der Waals surface area contributed by atoms with Gasteiger partial charge in [-0.3, -0.25) is 0 Å². The average Bonchev–Trinajstić information content (AvgIpc) is 2.77. The summed E-state index contributed by atoms with van der Waals surface area (Å²) in [5.74, 6) is 0. The number of hydrogen-bond donors (Lipinski definition) is 0. The lowest BCUT2D eigenvalue weighted by atomic mass is 10.1. The zero-order chi connectivity index (χ0) is 12.1. The van der Waals surface area contributed by atoms with Crippen LogP contribution in [0.25, 0.3) is 0 Å². The summed E-state index contributed by atoms with van der Waals surface area (Å²) in [6.07, 6.45) is 6.31. The van der Waals surface area contributed by atoms with Crippen LogP contribution in [0.5, 0.6) is 0 Å². The molecule has 1 aromatic carbocycles. The fraction of sp³-hybridized carbons (Fsp3) is 0.357. The normalized spacial score (nSPS) is 14.7. The maximum atomic E-state index is 5.86. The van der Waals surface area contributed by atoms with Gasteiger partial charge in [-0.1, -0.05) is 30.7 Å². The second-order valence-corrected chi connectivity index (χ2v) is 4.73. The van der Waals surface area contributed by atoms with E-state index < -0.39 is 0 Å². The summed E-state index contributed by atoms with van der Waals surface area (Å²) in [6, 6.07) is 8.09. The third kappa shape index (κ3) is 3.67. The van der Waals surface area contributed by atoms with Gasteiger partial charge >= 0.3 is 0 Å². The van der Waals surface area contributed by atoms with Crippen molar-refractivity contribution in [2.45, 2.75) is 12.8 Å². The van der Waals surface area contributed by atoms with Crippen LogP contribution in [0.1, 0.15) is 12.0 Å². The van der Waals surface area contributed by atoms with Crippen LogP contribution in [0, 0.1) is 6.92 Å². The van der Waals surface area contributed by atoms with Crippen LogP contribution in [-0.2, 0) is 6.42 Å². The predicted octanol–water partition coefficient (Wildman–Crippen LogP) is 3.15. The average molecular weight is 250 g/mol. The largest absolute Gasteiger partial charge is 0.359 e. The fourth-order valence-electron chi connectivity index (χ4n) is 1.93. The summed E-state index contributed by atoms with van der Waals surface area (Å²) in [4.78, 5) is 4.61. The van der Waals surface area contributed by atoms with Crippen molar-refractivity contribution in [3.05, 3.63) is 54.2 Å². The summed E-state index contributed by atoms with van der Waals surface area (Å²) in [5.41, 5.74) is 1.33. The van der Waals surface area contributed by atoms with Gasteiger partial charge in [-0.2, -0.15) is 0 Å². The van der Waals surface area contributed by atoms with Crippen LogP contribution < -0.4 is 0 Å². The predicted molar refractivity (Wildman–Crippen MR) is 72.5 cm³/mol. The molecule has 3 heteroatoms. The Bertz CT molecular complexity index is 372. The molecule has 0 spiro atoms. The highest BCUT2D eigenvalue weighted by molar-refractivity contribution is 6.30. The van der Waals surface area contributed by atoms with Gasteiger partial charge in [0.15, 0.2) is 0 Å². The van der Waals surface area contributed by atoms with Crippen LogP contribution in [0.15, 0.2) is 36.7 Å². The Labute approximate surface area is 108 Å².